The van der Waals surface area contributed by atoms with Crippen LogP contribution < -0.4 is 10.0 Å². The molecular formula is C21H22BrClN2O2S. The van der Waals surface area contributed by atoms with E-state index in [0.717, 1.165) is 29.4 Å². The summed E-state index contributed by atoms with van der Waals surface area (Å²) in [6.45, 7) is 4.74. The van der Waals surface area contributed by atoms with Gasteiger partial charge in [0, 0.05) is 38.7 Å². The van der Waals surface area contributed by atoms with E-state index >= 15 is 0 Å². The lowest BCUT2D eigenvalue weighted by Crippen LogP contribution is -2.45. The summed E-state index contributed by atoms with van der Waals surface area (Å²) in [6, 6.07) is 12.6. The summed E-state index contributed by atoms with van der Waals surface area (Å²) in [6.07, 6.45) is 3.76. The van der Waals surface area contributed by atoms with Gasteiger partial charge in [-0.15, -0.1) is 0 Å². The monoisotopic (exact) mass is 480 g/mol. The van der Waals surface area contributed by atoms with Crippen LogP contribution in [0, 0.1) is 0 Å². The molecule has 1 fully saturated rings. The predicted octanol–water partition coefficient (Wildman–Crippen LogP) is 5.24. The average molecular weight is 482 g/mol. The summed E-state index contributed by atoms with van der Waals surface area (Å²) in [5.74, 6) is 0. The maximum absolute atomic E-state index is 12.7. The van der Waals surface area contributed by atoms with E-state index in [0.29, 0.717) is 18.0 Å². The molecule has 28 heavy (non-hydrogen) atoms. The minimum Gasteiger partial charge on any atom is -0.381 e. The number of halogens is 2. The van der Waals surface area contributed by atoms with Crippen LogP contribution in [0.3, 0.4) is 0 Å². The Morgan fingerprint density at radius 1 is 1.25 bits per heavy atom. The Morgan fingerprint density at radius 2 is 2.00 bits per heavy atom. The smallest absolute Gasteiger partial charge is 0.240 e. The van der Waals surface area contributed by atoms with E-state index in [2.05, 4.69) is 38.6 Å². The minimum absolute atomic E-state index is 0.222. The van der Waals surface area contributed by atoms with Gasteiger partial charge < -0.3 is 5.32 Å². The Labute approximate surface area is 179 Å². The first-order chi connectivity index (χ1) is 13.3. The Bertz CT molecular complexity index is 1020. The molecular weight excluding hydrogens is 460 g/mol. The van der Waals surface area contributed by atoms with Crippen LogP contribution in [0.2, 0.25) is 5.02 Å². The number of hydrogen-bond acceptors (Lipinski definition) is 3. The molecule has 0 aromatic heterocycles. The number of hydrogen-bond donors (Lipinski definition) is 2. The van der Waals surface area contributed by atoms with Crippen molar-refractivity contribution in [3.63, 3.8) is 0 Å². The number of sulfonamides is 1. The highest BCUT2D eigenvalue weighted by Gasteiger charge is 2.50. The van der Waals surface area contributed by atoms with Gasteiger partial charge in [0.05, 0.1) is 4.90 Å². The van der Waals surface area contributed by atoms with Crippen LogP contribution in [0.15, 0.2) is 64.0 Å². The maximum Gasteiger partial charge on any atom is 0.240 e. The van der Waals surface area contributed by atoms with Crippen LogP contribution in [-0.2, 0) is 15.4 Å². The van der Waals surface area contributed by atoms with Gasteiger partial charge in [-0.25, -0.2) is 13.1 Å². The Balaban J connectivity index is 1.60. The first kappa shape index (κ1) is 20.0. The maximum atomic E-state index is 12.7. The van der Waals surface area contributed by atoms with Gasteiger partial charge in [0.2, 0.25) is 10.0 Å². The highest BCUT2D eigenvalue weighted by Crippen LogP contribution is 2.55. The molecule has 1 aliphatic heterocycles. The summed E-state index contributed by atoms with van der Waals surface area (Å²) in [5.41, 5.74) is 3.22. The molecule has 0 bridgehead atoms. The van der Waals surface area contributed by atoms with E-state index in [9.17, 15) is 8.42 Å². The number of rotatable bonds is 5. The third kappa shape index (κ3) is 3.30. The van der Waals surface area contributed by atoms with Gasteiger partial charge >= 0.3 is 0 Å². The first-order valence-corrected chi connectivity index (χ1v) is 12.0. The molecule has 1 aliphatic carbocycles. The molecule has 2 N–H and O–H groups in total. The van der Waals surface area contributed by atoms with Crippen molar-refractivity contribution in [3.8, 4) is 0 Å². The zero-order valence-electron chi connectivity index (χ0n) is 15.3. The molecule has 4 rings (SSSR count). The molecule has 1 saturated carbocycles. The molecule has 2 atom stereocenters. The highest BCUT2D eigenvalue weighted by molar-refractivity contribution is 9.10. The molecule has 2 aromatic carbocycles. The summed E-state index contributed by atoms with van der Waals surface area (Å²) < 4.78 is 29.1. The van der Waals surface area contributed by atoms with Gasteiger partial charge in [-0.1, -0.05) is 45.7 Å². The van der Waals surface area contributed by atoms with Gasteiger partial charge in [0.1, 0.15) is 0 Å². The molecule has 0 saturated heterocycles. The molecule has 1 heterocycles. The second-order valence-electron chi connectivity index (χ2n) is 7.43. The van der Waals surface area contributed by atoms with Crippen molar-refractivity contribution in [3.05, 3.63) is 69.7 Å². The van der Waals surface area contributed by atoms with Crippen molar-refractivity contribution in [1.82, 2.24) is 4.72 Å². The second-order valence-corrected chi connectivity index (χ2v) is 10.5. The topological polar surface area (TPSA) is 58.2 Å². The Morgan fingerprint density at radius 3 is 2.75 bits per heavy atom. The Hall–Kier alpha value is -1.34. The SMILES string of the molecule is C=C1CCC[C@@H]2Nc3cccc(Br)c3[C@]12CCNS(=O)(=O)c1ccc(Cl)cc1. The number of benzene rings is 2. The van der Waals surface area contributed by atoms with E-state index in [-0.39, 0.29) is 16.4 Å². The highest BCUT2D eigenvalue weighted by atomic mass is 79.9. The lowest BCUT2D eigenvalue weighted by molar-refractivity contribution is 0.343. The third-order valence-corrected chi connectivity index (χ3v) is 8.31. The van der Waals surface area contributed by atoms with Crippen LogP contribution in [0.4, 0.5) is 5.69 Å². The van der Waals surface area contributed by atoms with E-state index in [1.54, 1.807) is 12.1 Å². The Kier molecular flexibility index (Phi) is 5.33. The molecule has 0 radical (unpaired) electrons. The number of anilines is 1. The molecule has 2 aromatic rings. The molecule has 0 unspecified atom stereocenters. The summed E-state index contributed by atoms with van der Waals surface area (Å²) in [4.78, 5) is 0.222. The van der Waals surface area contributed by atoms with Crippen LogP contribution in [0.5, 0.6) is 0 Å². The van der Waals surface area contributed by atoms with E-state index in [4.69, 9.17) is 11.6 Å². The number of nitrogens with one attached hydrogen (secondary N) is 2. The largest absolute Gasteiger partial charge is 0.381 e. The van der Waals surface area contributed by atoms with Crippen LogP contribution in [0.25, 0.3) is 0 Å². The van der Waals surface area contributed by atoms with Crippen molar-refractivity contribution in [1.29, 1.82) is 0 Å². The van der Waals surface area contributed by atoms with Crippen LogP contribution in [-0.4, -0.2) is 21.0 Å². The number of fused-ring (bicyclic) bond motifs is 3. The van der Waals surface area contributed by atoms with Crippen LogP contribution >= 0.6 is 27.5 Å². The van der Waals surface area contributed by atoms with Gasteiger partial charge in [-0.05, 0) is 62.1 Å². The zero-order valence-corrected chi connectivity index (χ0v) is 18.5. The summed E-state index contributed by atoms with van der Waals surface area (Å²) in [7, 11) is -3.59. The van der Waals surface area contributed by atoms with Gasteiger partial charge in [-0.2, -0.15) is 0 Å². The van der Waals surface area contributed by atoms with E-state index in [1.807, 2.05) is 12.1 Å². The lowest BCUT2D eigenvalue weighted by atomic mass is 9.63. The second kappa shape index (κ2) is 7.48. The fourth-order valence-electron chi connectivity index (χ4n) is 4.62. The van der Waals surface area contributed by atoms with E-state index in [1.165, 1.54) is 23.3 Å². The molecule has 0 spiro atoms. The lowest BCUT2D eigenvalue weighted by Gasteiger charge is -2.42. The quantitative estimate of drug-likeness (QED) is 0.574. The molecule has 2 aliphatic rings. The molecule has 4 nitrogen and oxygen atoms in total. The van der Waals surface area contributed by atoms with Crippen LogP contribution in [0.1, 0.15) is 31.2 Å². The third-order valence-electron chi connectivity index (χ3n) is 5.92. The molecule has 7 heteroatoms. The first-order valence-electron chi connectivity index (χ1n) is 9.33. The van der Waals surface area contributed by atoms with E-state index < -0.39 is 10.0 Å². The van der Waals surface area contributed by atoms with Gasteiger partial charge in [0.25, 0.3) is 0 Å². The fourth-order valence-corrected chi connectivity index (χ4v) is 6.50. The molecule has 0 amide bonds. The molecule has 148 valence electrons. The fraction of sp³-hybridized carbons (Fsp3) is 0.333. The van der Waals surface area contributed by atoms with Crippen molar-refractivity contribution in [2.45, 2.75) is 42.0 Å². The average Bonchev–Trinajstić information content (AvgIpc) is 2.99. The predicted molar refractivity (Wildman–Crippen MR) is 117 cm³/mol. The zero-order chi connectivity index (χ0) is 19.9. The van der Waals surface area contributed by atoms with Crippen molar-refractivity contribution >= 4 is 43.2 Å². The minimum atomic E-state index is -3.59. The van der Waals surface area contributed by atoms with Gasteiger partial charge in [-0.3, -0.25) is 0 Å². The van der Waals surface area contributed by atoms with Crippen molar-refractivity contribution in [2.24, 2.45) is 0 Å². The van der Waals surface area contributed by atoms with Crippen molar-refractivity contribution in [2.75, 3.05) is 11.9 Å². The summed E-state index contributed by atoms with van der Waals surface area (Å²) >= 11 is 9.58. The van der Waals surface area contributed by atoms with Crippen molar-refractivity contribution < 1.29 is 8.42 Å². The van der Waals surface area contributed by atoms with Gasteiger partial charge in [0.15, 0.2) is 0 Å². The summed E-state index contributed by atoms with van der Waals surface area (Å²) in [5, 5.41) is 4.16. The normalized spacial score (nSPS) is 23.8. The standard InChI is InChI=1S/C21H22BrClN2O2S/c1-14-4-2-7-19-21(14,20-17(22)5-3-6-18(20)25-19)12-13-24-28(26,27)16-10-8-15(23)9-11-16/h3,5-6,8-11,19,24-25H,1-2,4,7,12-13H2/t19-,21+/m0/s1.